The maximum absolute atomic E-state index is 11.4. The zero-order chi connectivity index (χ0) is 14.6. The minimum absolute atomic E-state index is 0.329. The maximum atomic E-state index is 11.4. The normalized spacial score (nSPS) is 10.9. The third-order valence-corrected chi connectivity index (χ3v) is 3.04. The molecule has 1 N–H and O–H groups in total. The number of nitrogens with one attached hydrogen (secondary N) is 1. The molecule has 2 aromatic rings. The van der Waals surface area contributed by atoms with Crippen LogP contribution in [0.4, 0.5) is 5.69 Å². The van der Waals surface area contributed by atoms with Crippen LogP contribution in [0.3, 0.4) is 0 Å². The summed E-state index contributed by atoms with van der Waals surface area (Å²) in [6, 6.07) is 14.0. The van der Waals surface area contributed by atoms with Crippen LogP contribution in [0.15, 0.2) is 48.5 Å². The Kier molecular flexibility index (Phi) is 4.14. The average molecular weight is 293 g/mol. The van der Waals surface area contributed by atoms with E-state index in [1.165, 1.54) is 7.11 Å². The standard InChI is InChI=1S/C14H15NO4S/c1-18-12-8-9-14(13(10-12)15-20(2,16)17)19-11-6-4-3-5-7-11/h3-10,15H,1-2H3. The fraction of sp³-hybridized carbons (Fsp3) is 0.143. The van der Waals surface area contributed by atoms with Crippen molar-refractivity contribution in [3.05, 3.63) is 48.5 Å². The minimum Gasteiger partial charge on any atom is -0.497 e. The lowest BCUT2D eigenvalue weighted by molar-refractivity contribution is 0.413. The number of ether oxygens (including phenoxy) is 2. The number of sulfonamides is 1. The topological polar surface area (TPSA) is 64.6 Å². The van der Waals surface area contributed by atoms with Crippen LogP contribution < -0.4 is 14.2 Å². The summed E-state index contributed by atoms with van der Waals surface area (Å²) in [4.78, 5) is 0. The van der Waals surface area contributed by atoms with Crippen molar-refractivity contribution >= 4 is 15.7 Å². The molecule has 0 unspecified atom stereocenters. The summed E-state index contributed by atoms with van der Waals surface area (Å²) < 4.78 is 36.0. The predicted molar refractivity (Wildman–Crippen MR) is 78.0 cm³/mol. The molecule has 0 radical (unpaired) electrons. The maximum Gasteiger partial charge on any atom is 0.229 e. The van der Waals surface area contributed by atoms with Crippen molar-refractivity contribution in [1.82, 2.24) is 0 Å². The van der Waals surface area contributed by atoms with Crippen LogP contribution in [0.5, 0.6) is 17.2 Å². The van der Waals surface area contributed by atoms with E-state index in [2.05, 4.69) is 4.72 Å². The largest absolute Gasteiger partial charge is 0.497 e. The first-order valence-corrected chi connectivity index (χ1v) is 7.76. The van der Waals surface area contributed by atoms with E-state index in [9.17, 15) is 8.42 Å². The van der Waals surface area contributed by atoms with Crippen LogP contribution in [0.2, 0.25) is 0 Å². The van der Waals surface area contributed by atoms with E-state index in [1.807, 2.05) is 18.2 Å². The Bertz CT molecular complexity index is 684. The summed E-state index contributed by atoms with van der Waals surface area (Å²) >= 11 is 0. The number of anilines is 1. The second-order valence-electron chi connectivity index (χ2n) is 4.15. The smallest absolute Gasteiger partial charge is 0.229 e. The highest BCUT2D eigenvalue weighted by molar-refractivity contribution is 7.92. The van der Waals surface area contributed by atoms with Gasteiger partial charge in [0.05, 0.1) is 19.1 Å². The Labute approximate surface area is 118 Å². The van der Waals surface area contributed by atoms with Gasteiger partial charge in [-0.3, -0.25) is 4.72 Å². The summed E-state index contributed by atoms with van der Waals surface area (Å²) in [6.07, 6.45) is 1.08. The van der Waals surface area contributed by atoms with Crippen molar-refractivity contribution < 1.29 is 17.9 Å². The summed E-state index contributed by atoms with van der Waals surface area (Å²) in [5.74, 6) is 1.56. The Morgan fingerprint density at radius 2 is 1.70 bits per heavy atom. The fourth-order valence-corrected chi connectivity index (χ4v) is 2.18. The molecular formula is C14H15NO4S. The third-order valence-electron chi connectivity index (χ3n) is 2.45. The molecule has 20 heavy (non-hydrogen) atoms. The molecule has 0 saturated carbocycles. The molecule has 5 nitrogen and oxygen atoms in total. The third kappa shape index (κ3) is 3.89. The Hall–Kier alpha value is -2.21. The van der Waals surface area contributed by atoms with Gasteiger partial charge < -0.3 is 9.47 Å². The summed E-state index contributed by atoms with van der Waals surface area (Å²) in [7, 11) is -1.89. The lowest BCUT2D eigenvalue weighted by atomic mass is 10.2. The SMILES string of the molecule is COc1ccc(Oc2ccccc2)c(NS(C)(=O)=O)c1. The molecule has 0 amide bonds. The van der Waals surface area contributed by atoms with Gasteiger partial charge in [0.25, 0.3) is 0 Å². The quantitative estimate of drug-likeness (QED) is 0.920. The predicted octanol–water partition coefficient (Wildman–Crippen LogP) is 2.86. The second kappa shape index (κ2) is 5.83. The number of hydrogen-bond donors (Lipinski definition) is 1. The van der Waals surface area contributed by atoms with E-state index in [0.29, 0.717) is 22.9 Å². The highest BCUT2D eigenvalue weighted by Gasteiger charge is 2.11. The molecule has 0 spiro atoms. The van der Waals surface area contributed by atoms with Gasteiger partial charge in [-0.25, -0.2) is 8.42 Å². The first kappa shape index (κ1) is 14.2. The molecule has 0 bridgehead atoms. The Morgan fingerprint density at radius 3 is 2.30 bits per heavy atom. The van der Waals surface area contributed by atoms with Gasteiger partial charge in [0.1, 0.15) is 11.5 Å². The molecule has 2 rings (SSSR count). The lowest BCUT2D eigenvalue weighted by Gasteiger charge is -2.13. The molecular weight excluding hydrogens is 278 g/mol. The molecule has 0 fully saturated rings. The van der Waals surface area contributed by atoms with Crippen LogP contribution in [-0.2, 0) is 10.0 Å². The average Bonchev–Trinajstić information content (AvgIpc) is 2.40. The van der Waals surface area contributed by atoms with Crippen LogP contribution in [0.25, 0.3) is 0 Å². The molecule has 0 aromatic heterocycles. The van der Waals surface area contributed by atoms with Crippen LogP contribution in [0.1, 0.15) is 0 Å². The molecule has 0 atom stereocenters. The number of hydrogen-bond acceptors (Lipinski definition) is 4. The van der Waals surface area contributed by atoms with Crippen molar-refractivity contribution in [1.29, 1.82) is 0 Å². The number of para-hydroxylation sites is 1. The molecule has 0 aliphatic heterocycles. The number of methoxy groups -OCH3 is 1. The number of benzene rings is 2. The van der Waals surface area contributed by atoms with Gasteiger partial charge in [0.15, 0.2) is 5.75 Å². The molecule has 6 heteroatoms. The van der Waals surface area contributed by atoms with Crippen molar-refractivity contribution in [2.45, 2.75) is 0 Å². The van der Waals surface area contributed by atoms with E-state index in [4.69, 9.17) is 9.47 Å². The number of rotatable bonds is 5. The lowest BCUT2D eigenvalue weighted by Crippen LogP contribution is -2.10. The van der Waals surface area contributed by atoms with E-state index in [-0.39, 0.29) is 0 Å². The highest BCUT2D eigenvalue weighted by Crippen LogP contribution is 2.33. The first-order chi connectivity index (χ1) is 9.48. The summed E-state index contributed by atoms with van der Waals surface area (Å²) in [5.41, 5.74) is 0.329. The van der Waals surface area contributed by atoms with Gasteiger partial charge in [-0.1, -0.05) is 18.2 Å². The van der Waals surface area contributed by atoms with Crippen LogP contribution >= 0.6 is 0 Å². The minimum atomic E-state index is -3.40. The van der Waals surface area contributed by atoms with Gasteiger partial charge in [-0.2, -0.15) is 0 Å². The van der Waals surface area contributed by atoms with Gasteiger partial charge in [-0.05, 0) is 24.3 Å². The fourth-order valence-electron chi connectivity index (χ4n) is 1.62. The monoisotopic (exact) mass is 293 g/mol. The van der Waals surface area contributed by atoms with Crippen molar-refractivity contribution in [3.8, 4) is 17.2 Å². The zero-order valence-corrected chi connectivity index (χ0v) is 12.0. The molecule has 0 aliphatic rings. The summed E-state index contributed by atoms with van der Waals surface area (Å²) in [6.45, 7) is 0. The van der Waals surface area contributed by atoms with Crippen molar-refractivity contribution in [3.63, 3.8) is 0 Å². The van der Waals surface area contributed by atoms with Gasteiger partial charge in [0, 0.05) is 6.07 Å². The zero-order valence-electron chi connectivity index (χ0n) is 11.2. The Morgan fingerprint density at radius 1 is 1.00 bits per heavy atom. The molecule has 106 valence electrons. The molecule has 0 aliphatic carbocycles. The van der Waals surface area contributed by atoms with Crippen molar-refractivity contribution in [2.75, 3.05) is 18.1 Å². The van der Waals surface area contributed by atoms with Gasteiger partial charge in [0.2, 0.25) is 10.0 Å². The second-order valence-corrected chi connectivity index (χ2v) is 5.90. The highest BCUT2D eigenvalue weighted by atomic mass is 32.2. The van der Waals surface area contributed by atoms with Gasteiger partial charge in [-0.15, -0.1) is 0 Å². The van der Waals surface area contributed by atoms with E-state index >= 15 is 0 Å². The van der Waals surface area contributed by atoms with E-state index in [1.54, 1.807) is 30.3 Å². The van der Waals surface area contributed by atoms with E-state index < -0.39 is 10.0 Å². The molecule has 2 aromatic carbocycles. The van der Waals surface area contributed by atoms with Crippen molar-refractivity contribution in [2.24, 2.45) is 0 Å². The first-order valence-electron chi connectivity index (χ1n) is 5.87. The van der Waals surface area contributed by atoms with Gasteiger partial charge >= 0.3 is 0 Å². The van der Waals surface area contributed by atoms with Crippen LogP contribution in [0, 0.1) is 0 Å². The van der Waals surface area contributed by atoms with E-state index in [0.717, 1.165) is 6.26 Å². The Balaban J connectivity index is 2.36. The summed E-state index contributed by atoms with van der Waals surface area (Å²) in [5, 5.41) is 0. The molecule has 0 heterocycles. The van der Waals surface area contributed by atoms with Crippen LogP contribution in [-0.4, -0.2) is 21.8 Å². The molecule has 0 saturated heterocycles.